The van der Waals surface area contributed by atoms with Gasteiger partial charge >= 0.3 is 0 Å². The minimum Gasteiger partial charge on any atom is -0.350 e. The third-order valence-corrected chi connectivity index (χ3v) is 5.11. The first kappa shape index (κ1) is 21.8. The number of pyridine rings is 1. The van der Waals surface area contributed by atoms with E-state index in [0.717, 1.165) is 11.3 Å². The summed E-state index contributed by atoms with van der Waals surface area (Å²) in [6.07, 6.45) is 0.486. The Hall–Kier alpha value is -2.93. The van der Waals surface area contributed by atoms with Crippen LogP contribution in [-0.4, -0.2) is 20.6 Å². The van der Waals surface area contributed by atoms with Crippen LogP contribution in [0.5, 0.6) is 0 Å². The zero-order chi connectivity index (χ0) is 21.8. The molecule has 0 spiro atoms. The lowest BCUT2D eigenvalue weighted by atomic mass is 10.1. The van der Waals surface area contributed by atoms with Gasteiger partial charge in [0.15, 0.2) is 0 Å². The van der Waals surface area contributed by atoms with E-state index in [0.29, 0.717) is 16.5 Å². The monoisotopic (exact) mass is 428 g/mol. The summed E-state index contributed by atoms with van der Waals surface area (Å²) < 4.78 is 6.95. The maximum absolute atomic E-state index is 12.8. The highest BCUT2D eigenvalue weighted by Gasteiger charge is 2.17. The number of carbonyl (C=O) groups excluding carboxylic acids is 1. The van der Waals surface area contributed by atoms with E-state index in [1.165, 1.54) is 0 Å². The van der Waals surface area contributed by atoms with Crippen molar-refractivity contribution >= 4 is 17.5 Å². The zero-order valence-electron chi connectivity index (χ0n) is 17.5. The average Bonchev–Trinajstić information content (AvgIpc) is 3.15. The van der Waals surface area contributed by atoms with Crippen molar-refractivity contribution in [3.8, 4) is 11.4 Å². The largest absolute Gasteiger partial charge is 0.350 e. The Bertz CT molecular complexity index is 1090. The molecule has 3 rings (SSSR count). The summed E-state index contributed by atoms with van der Waals surface area (Å²) in [5.41, 5.74) is 2.06. The van der Waals surface area contributed by atoms with Crippen LogP contribution in [0, 0.1) is 6.92 Å². The molecule has 8 heteroatoms. The molecule has 3 aromatic rings. The lowest BCUT2D eigenvalue weighted by molar-refractivity contribution is -0.121. The van der Waals surface area contributed by atoms with E-state index < -0.39 is 0 Å². The summed E-state index contributed by atoms with van der Waals surface area (Å²) >= 11 is 5.90. The number of nitrogens with zero attached hydrogens (tertiary/aromatic N) is 3. The highest BCUT2D eigenvalue weighted by atomic mass is 35.5. The predicted molar refractivity (Wildman–Crippen MR) is 115 cm³/mol. The standard InChI is InChI=1S/C22H25ClN4O3/c1-13(2)27-14(3)5-10-18(22(27)29)21-25-20(30-26-21)12-11-19(28)24-15(4)16-6-8-17(23)9-7-16/h5-10,13,15H,11-12H2,1-4H3,(H,24,28)/t15-/m1/s1. The van der Waals surface area contributed by atoms with Crippen molar-refractivity contribution in [2.45, 2.75) is 52.6 Å². The minimum atomic E-state index is -0.160. The molecule has 1 N–H and O–H groups in total. The van der Waals surface area contributed by atoms with Crippen LogP contribution in [0.15, 0.2) is 45.7 Å². The van der Waals surface area contributed by atoms with Crippen LogP contribution in [0.3, 0.4) is 0 Å². The van der Waals surface area contributed by atoms with Crippen molar-refractivity contribution in [1.29, 1.82) is 0 Å². The van der Waals surface area contributed by atoms with Crippen LogP contribution >= 0.6 is 11.6 Å². The van der Waals surface area contributed by atoms with Crippen LogP contribution in [0.1, 0.15) is 56.4 Å². The first-order chi connectivity index (χ1) is 14.3. The molecule has 0 aliphatic rings. The summed E-state index contributed by atoms with van der Waals surface area (Å²) in [6, 6.07) is 10.8. The van der Waals surface area contributed by atoms with Crippen molar-refractivity contribution < 1.29 is 9.32 Å². The van der Waals surface area contributed by atoms with Gasteiger partial charge in [0.05, 0.1) is 11.6 Å². The van der Waals surface area contributed by atoms with Crippen molar-refractivity contribution in [3.05, 3.63) is 68.9 Å². The van der Waals surface area contributed by atoms with E-state index in [1.807, 2.05) is 45.9 Å². The van der Waals surface area contributed by atoms with Crippen LogP contribution in [0.25, 0.3) is 11.4 Å². The number of halogens is 1. The SMILES string of the molecule is Cc1ccc(-c2noc(CCC(=O)N[C@H](C)c3ccc(Cl)cc3)n2)c(=O)n1C(C)C. The van der Waals surface area contributed by atoms with Gasteiger partial charge in [0.2, 0.25) is 17.6 Å². The Morgan fingerprint density at radius 1 is 1.17 bits per heavy atom. The lowest BCUT2D eigenvalue weighted by Crippen LogP contribution is -2.26. The summed E-state index contributed by atoms with van der Waals surface area (Å²) in [6.45, 7) is 7.69. The van der Waals surface area contributed by atoms with Gasteiger partial charge in [-0.2, -0.15) is 4.98 Å². The van der Waals surface area contributed by atoms with E-state index in [2.05, 4.69) is 15.5 Å². The van der Waals surface area contributed by atoms with Crippen LogP contribution in [0.2, 0.25) is 5.02 Å². The Morgan fingerprint density at radius 2 is 1.87 bits per heavy atom. The third kappa shape index (κ3) is 4.97. The predicted octanol–water partition coefficient (Wildman–Crippen LogP) is 4.25. The van der Waals surface area contributed by atoms with Gasteiger partial charge in [0, 0.05) is 29.6 Å². The molecule has 30 heavy (non-hydrogen) atoms. The van der Waals surface area contributed by atoms with E-state index in [4.69, 9.17) is 16.1 Å². The maximum atomic E-state index is 12.8. The first-order valence-electron chi connectivity index (χ1n) is 9.86. The van der Waals surface area contributed by atoms with Crippen LogP contribution in [0.4, 0.5) is 0 Å². The molecule has 0 saturated carbocycles. The number of nitrogens with one attached hydrogen (secondary N) is 1. The summed E-state index contributed by atoms with van der Waals surface area (Å²) in [4.78, 5) is 29.3. The van der Waals surface area contributed by atoms with Crippen molar-refractivity contribution in [3.63, 3.8) is 0 Å². The fourth-order valence-corrected chi connectivity index (χ4v) is 3.42. The molecular weight excluding hydrogens is 404 g/mol. The Morgan fingerprint density at radius 3 is 2.53 bits per heavy atom. The Labute approximate surface area is 180 Å². The normalized spacial score (nSPS) is 12.2. The smallest absolute Gasteiger partial charge is 0.262 e. The number of carbonyl (C=O) groups is 1. The molecule has 0 aliphatic carbocycles. The molecule has 2 heterocycles. The topological polar surface area (TPSA) is 90.0 Å². The van der Waals surface area contributed by atoms with E-state index in [9.17, 15) is 9.59 Å². The third-order valence-electron chi connectivity index (χ3n) is 4.86. The molecular formula is C22H25ClN4O3. The highest BCUT2D eigenvalue weighted by molar-refractivity contribution is 6.30. The number of hydrogen-bond donors (Lipinski definition) is 1. The second-order valence-corrected chi connectivity index (χ2v) is 7.95. The van der Waals surface area contributed by atoms with E-state index in [-0.39, 0.29) is 42.2 Å². The maximum Gasteiger partial charge on any atom is 0.262 e. The Kier molecular flexibility index (Phi) is 6.72. The Balaban J connectivity index is 1.64. The van der Waals surface area contributed by atoms with Gasteiger partial charge in [-0.3, -0.25) is 9.59 Å². The van der Waals surface area contributed by atoms with Gasteiger partial charge in [-0.25, -0.2) is 0 Å². The average molecular weight is 429 g/mol. The second kappa shape index (κ2) is 9.26. The number of benzene rings is 1. The summed E-state index contributed by atoms with van der Waals surface area (Å²) in [5.74, 6) is 0.421. The van der Waals surface area contributed by atoms with E-state index in [1.54, 1.807) is 22.8 Å². The van der Waals surface area contributed by atoms with Gasteiger partial charge in [0.25, 0.3) is 5.56 Å². The van der Waals surface area contributed by atoms with Crippen LogP contribution < -0.4 is 10.9 Å². The molecule has 1 atom stereocenters. The zero-order valence-corrected chi connectivity index (χ0v) is 18.2. The fraction of sp³-hybridized carbons (Fsp3) is 0.364. The number of rotatable bonds is 7. The lowest BCUT2D eigenvalue weighted by Gasteiger charge is -2.14. The molecule has 0 saturated heterocycles. The second-order valence-electron chi connectivity index (χ2n) is 7.51. The summed E-state index contributed by atoms with van der Waals surface area (Å²) in [7, 11) is 0. The molecule has 0 unspecified atom stereocenters. The van der Waals surface area contributed by atoms with Crippen molar-refractivity contribution in [2.75, 3.05) is 0 Å². The molecule has 1 aromatic carbocycles. The number of aromatic nitrogens is 3. The quantitative estimate of drug-likeness (QED) is 0.607. The molecule has 7 nitrogen and oxygen atoms in total. The van der Waals surface area contributed by atoms with Crippen molar-refractivity contribution in [1.82, 2.24) is 20.0 Å². The number of hydrogen-bond acceptors (Lipinski definition) is 5. The molecule has 1 amide bonds. The van der Waals surface area contributed by atoms with Gasteiger partial charge in [-0.1, -0.05) is 28.9 Å². The highest BCUT2D eigenvalue weighted by Crippen LogP contribution is 2.17. The van der Waals surface area contributed by atoms with Gasteiger partial charge in [-0.15, -0.1) is 0 Å². The first-order valence-corrected chi connectivity index (χ1v) is 10.2. The van der Waals surface area contributed by atoms with Crippen LogP contribution in [-0.2, 0) is 11.2 Å². The van der Waals surface area contributed by atoms with Gasteiger partial charge in [-0.05, 0) is 57.5 Å². The molecule has 0 fully saturated rings. The number of amides is 1. The molecule has 0 aliphatic heterocycles. The molecule has 2 aromatic heterocycles. The molecule has 0 bridgehead atoms. The minimum absolute atomic E-state index is 0.0233. The van der Waals surface area contributed by atoms with E-state index >= 15 is 0 Å². The van der Waals surface area contributed by atoms with Gasteiger partial charge < -0.3 is 14.4 Å². The molecule has 158 valence electrons. The molecule has 0 radical (unpaired) electrons. The fourth-order valence-electron chi connectivity index (χ4n) is 3.29. The summed E-state index contributed by atoms with van der Waals surface area (Å²) in [5, 5.41) is 7.51. The number of aryl methyl sites for hydroxylation is 2. The van der Waals surface area contributed by atoms with Crippen molar-refractivity contribution in [2.24, 2.45) is 0 Å². The van der Waals surface area contributed by atoms with Gasteiger partial charge in [0.1, 0.15) is 0 Å².